The Labute approximate surface area is 200 Å². The lowest BCUT2D eigenvalue weighted by molar-refractivity contribution is 0.433. The van der Waals surface area contributed by atoms with Crippen LogP contribution in [-0.4, -0.2) is 22.8 Å². The third-order valence-electron chi connectivity index (χ3n) is 4.66. The highest BCUT2D eigenvalue weighted by atomic mass is 35.5. The maximum Gasteiger partial charge on any atom is 0.266 e. The average molecular weight is 521 g/mol. The van der Waals surface area contributed by atoms with Gasteiger partial charge in [0.15, 0.2) is 23.5 Å². The molecular weight excluding hydrogens is 510 g/mol. The molecule has 0 saturated carbocycles. The Bertz CT molecular complexity index is 1630. The fourth-order valence-electron chi connectivity index (χ4n) is 3.14. The van der Waals surface area contributed by atoms with Crippen molar-refractivity contribution >= 4 is 49.4 Å². The molecule has 8 nitrogen and oxygen atoms in total. The topological polar surface area (TPSA) is 107 Å². The summed E-state index contributed by atoms with van der Waals surface area (Å²) >= 11 is 6.89. The Morgan fingerprint density at radius 2 is 1.85 bits per heavy atom. The van der Waals surface area contributed by atoms with Gasteiger partial charge in [0.05, 0.1) is 0 Å². The first-order valence-corrected chi connectivity index (χ1v) is 12.0. The second-order valence-electron chi connectivity index (χ2n) is 6.84. The molecule has 172 valence electrons. The molecule has 0 aliphatic carbocycles. The van der Waals surface area contributed by atoms with Crippen molar-refractivity contribution in [2.75, 3.05) is 4.72 Å². The molecule has 2 heterocycles. The van der Waals surface area contributed by atoms with Gasteiger partial charge in [-0.2, -0.15) is 4.37 Å². The molecule has 13 heteroatoms. The highest BCUT2D eigenvalue weighted by molar-refractivity contribution is 7.93. The fourth-order valence-corrected chi connectivity index (χ4v) is 5.05. The van der Waals surface area contributed by atoms with Gasteiger partial charge in [-0.05, 0) is 35.9 Å². The molecule has 3 aromatic carbocycles. The number of anilines is 1. The molecule has 0 aliphatic rings. The molecule has 34 heavy (non-hydrogen) atoms. The largest absolute Gasteiger partial charge is 0.454 e. The molecule has 0 fully saturated rings. The van der Waals surface area contributed by atoms with Gasteiger partial charge in [-0.25, -0.2) is 27.2 Å². The van der Waals surface area contributed by atoms with E-state index in [1.54, 1.807) is 24.3 Å². The SMILES string of the molecule is O=S(=O)(Nc1ncns1)c1cc(F)c(Oc2ccc(Cl)cc2-c2ccc3ocnc3c2)cc1F. The van der Waals surface area contributed by atoms with E-state index in [4.69, 9.17) is 20.8 Å². The molecule has 0 radical (unpaired) electrons. The van der Waals surface area contributed by atoms with Gasteiger partial charge in [-0.15, -0.1) is 0 Å². The van der Waals surface area contributed by atoms with Crippen LogP contribution in [0.15, 0.2) is 70.6 Å². The second kappa shape index (κ2) is 8.63. The van der Waals surface area contributed by atoms with Gasteiger partial charge in [-0.1, -0.05) is 17.7 Å². The van der Waals surface area contributed by atoms with Crippen LogP contribution in [0.5, 0.6) is 11.5 Å². The van der Waals surface area contributed by atoms with Crippen LogP contribution >= 0.6 is 23.1 Å². The minimum Gasteiger partial charge on any atom is -0.454 e. The number of rotatable bonds is 6. The monoisotopic (exact) mass is 520 g/mol. The summed E-state index contributed by atoms with van der Waals surface area (Å²) in [5.41, 5.74) is 2.27. The molecule has 5 rings (SSSR count). The van der Waals surface area contributed by atoms with E-state index in [1.807, 2.05) is 4.72 Å². The minimum atomic E-state index is -4.44. The van der Waals surface area contributed by atoms with E-state index in [-0.39, 0.29) is 10.9 Å². The van der Waals surface area contributed by atoms with Crippen LogP contribution in [0, 0.1) is 11.6 Å². The standard InChI is InChI=1S/C21H11ClF2N4O4S2/c22-12-2-4-17(13(6-12)11-1-3-18-16(5-11)26-10-31-18)32-19-7-15(24)20(8-14(19)23)34(29,30)28-21-25-9-27-33-21/h1-10H,(H,25,27,28). The number of halogens is 3. The minimum absolute atomic E-state index is 0.0879. The number of aromatic nitrogens is 3. The summed E-state index contributed by atoms with van der Waals surface area (Å²) in [5.74, 6) is -2.66. The second-order valence-corrected chi connectivity index (χ2v) is 9.71. The number of sulfonamides is 1. The van der Waals surface area contributed by atoms with E-state index in [9.17, 15) is 17.2 Å². The van der Waals surface area contributed by atoms with Crippen molar-refractivity contribution in [2.24, 2.45) is 0 Å². The van der Waals surface area contributed by atoms with Crippen LogP contribution in [0.3, 0.4) is 0 Å². The van der Waals surface area contributed by atoms with Crippen molar-refractivity contribution in [2.45, 2.75) is 4.90 Å². The Morgan fingerprint density at radius 3 is 2.65 bits per heavy atom. The van der Waals surface area contributed by atoms with Crippen molar-refractivity contribution in [1.29, 1.82) is 0 Å². The smallest absolute Gasteiger partial charge is 0.266 e. The molecule has 0 saturated heterocycles. The van der Waals surface area contributed by atoms with Gasteiger partial charge in [0.25, 0.3) is 10.0 Å². The lowest BCUT2D eigenvalue weighted by Crippen LogP contribution is -2.15. The van der Waals surface area contributed by atoms with Crippen LogP contribution in [0.4, 0.5) is 13.9 Å². The summed E-state index contributed by atoms with van der Waals surface area (Å²) in [5, 5.41) is 0.300. The van der Waals surface area contributed by atoms with E-state index < -0.39 is 32.3 Å². The lowest BCUT2D eigenvalue weighted by Gasteiger charge is -2.14. The summed E-state index contributed by atoms with van der Waals surface area (Å²) < 4.78 is 71.1. The molecule has 2 aromatic heterocycles. The van der Waals surface area contributed by atoms with Crippen molar-refractivity contribution in [3.63, 3.8) is 0 Å². The van der Waals surface area contributed by atoms with Crippen LogP contribution < -0.4 is 9.46 Å². The van der Waals surface area contributed by atoms with Gasteiger partial charge in [0.1, 0.15) is 28.3 Å². The number of hydrogen-bond donors (Lipinski definition) is 1. The molecule has 0 aliphatic heterocycles. The van der Waals surface area contributed by atoms with Gasteiger partial charge >= 0.3 is 0 Å². The predicted molar refractivity (Wildman–Crippen MR) is 122 cm³/mol. The Morgan fingerprint density at radius 1 is 1.00 bits per heavy atom. The van der Waals surface area contributed by atoms with Crippen molar-refractivity contribution in [3.05, 3.63) is 77.9 Å². The quantitative estimate of drug-likeness (QED) is 0.298. The van der Waals surface area contributed by atoms with Crippen molar-refractivity contribution in [3.8, 4) is 22.6 Å². The average Bonchev–Trinajstić information content (AvgIpc) is 3.48. The fraction of sp³-hybridized carbons (Fsp3) is 0. The number of fused-ring (bicyclic) bond motifs is 1. The van der Waals surface area contributed by atoms with E-state index in [1.165, 1.54) is 18.5 Å². The van der Waals surface area contributed by atoms with Crippen molar-refractivity contribution < 1.29 is 26.4 Å². The van der Waals surface area contributed by atoms with Crippen LogP contribution in [-0.2, 0) is 10.0 Å². The maximum absolute atomic E-state index is 14.8. The first kappa shape index (κ1) is 22.2. The van der Waals surface area contributed by atoms with E-state index >= 15 is 0 Å². The van der Waals surface area contributed by atoms with Gasteiger partial charge in [0, 0.05) is 34.3 Å². The Hall–Kier alpha value is -3.61. The number of ether oxygens (including phenoxy) is 1. The molecule has 0 atom stereocenters. The highest BCUT2D eigenvalue weighted by Gasteiger charge is 2.24. The molecule has 0 spiro atoms. The number of oxazole rings is 1. The highest BCUT2D eigenvalue weighted by Crippen LogP contribution is 2.38. The number of hydrogen-bond acceptors (Lipinski definition) is 8. The van der Waals surface area contributed by atoms with Gasteiger partial charge < -0.3 is 9.15 Å². The normalized spacial score (nSPS) is 11.6. The van der Waals surface area contributed by atoms with Crippen LogP contribution in [0.25, 0.3) is 22.2 Å². The molecule has 5 aromatic rings. The van der Waals surface area contributed by atoms with Crippen LogP contribution in [0.1, 0.15) is 0 Å². The van der Waals surface area contributed by atoms with Crippen molar-refractivity contribution in [1.82, 2.24) is 14.3 Å². The first-order chi connectivity index (χ1) is 16.3. The third kappa shape index (κ3) is 4.30. The number of nitrogens with zero attached hydrogens (tertiary/aromatic N) is 3. The zero-order valence-corrected chi connectivity index (χ0v) is 19.1. The Kier molecular flexibility index (Phi) is 5.63. The summed E-state index contributed by atoms with van der Waals surface area (Å²) in [6.07, 6.45) is 2.43. The summed E-state index contributed by atoms with van der Waals surface area (Å²) in [6.45, 7) is 0. The number of benzene rings is 3. The zero-order valence-electron chi connectivity index (χ0n) is 16.7. The van der Waals surface area contributed by atoms with E-state index in [0.717, 1.165) is 17.9 Å². The Balaban J connectivity index is 1.51. The van der Waals surface area contributed by atoms with Gasteiger partial charge in [-0.3, -0.25) is 4.72 Å². The van der Waals surface area contributed by atoms with Crippen LogP contribution in [0.2, 0.25) is 5.02 Å². The predicted octanol–water partition coefficient (Wildman–Crippen LogP) is 5.87. The molecule has 1 N–H and O–H groups in total. The lowest BCUT2D eigenvalue weighted by atomic mass is 10.0. The van der Waals surface area contributed by atoms with E-state index in [0.29, 0.717) is 39.4 Å². The first-order valence-electron chi connectivity index (χ1n) is 9.40. The number of nitrogens with one attached hydrogen (secondary N) is 1. The van der Waals surface area contributed by atoms with E-state index in [2.05, 4.69) is 14.3 Å². The molecular formula is C21H11ClF2N4O4S2. The van der Waals surface area contributed by atoms with Gasteiger partial charge in [0.2, 0.25) is 5.13 Å². The molecule has 0 bridgehead atoms. The summed E-state index contributed by atoms with van der Waals surface area (Å²) in [6, 6.07) is 11.0. The molecule has 0 unspecified atom stereocenters. The maximum atomic E-state index is 14.8. The summed E-state index contributed by atoms with van der Waals surface area (Å²) in [4.78, 5) is 6.87. The third-order valence-corrected chi connectivity index (χ3v) is 6.96. The summed E-state index contributed by atoms with van der Waals surface area (Å²) in [7, 11) is -4.44. The zero-order chi connectivity index (χ0) is 23.9. The molecule has 0 amide bonds.